The molecular weight excluding hydrogens is 881 g/mol. The van der Waals surface area contributed by atoms with Gasteiger partial charge in [0.2, 0.25) is 0 Å². The fraction of sp³-hybridized carbons (Fsp3) is 0.0606. The van der Waals surface area contributed by atoms with Gasteiger partial charge in [-0.3, -0.25) is 0 Å². The summed E-state index contributed by atoms with van der Waals surface area (Å²) in [5, 5.41) is 8.07. The van der Waals surface area contributed by atoms with E-state index in [9.17, 15) is 0 Å². The molecule has 0 aliphatic carbocycles. The van der Waals surface area contributed by atoms with Crippen LogP contribution in [-0.2, 0) is 0 Å². The Bertz CT molecular complexity index is 3860. The predicted octanol–water partition coefficient (Wildman–Crippen LogP) is 17.9. The molecule has 0 fully saturated rings. The topological polar surface area (TPSA) is 28.9 Å². The highest BCUT2D eigenvalue weighted by Gasteiger charge is 2.24. The van der Waals surface area contributed by atoms with Gasteiger partial charge in [0.1, 0.15) is 17.9 Å². The molecule has 0 atom stereocenters. The molecule has 0 saturated heterocycles. The third-order valence-corrected chi connectivity index (χ3v) is 15.9. The Hall–Kier alpha value is -8.64. The van der Waals surface area contributed by atoms with Crippen molar-refractivity contribution in [1.29, 1.82) is 0 Å². The van der Waals surface area contributed by atoms with E-state index in [1.165, 1.54) is 5.19 Å². The van der Waals surface area contributed by atoms with Crippen molar-refractivity contribution in [2.24, 2.45) is 0 Å². The third-order valence-electron chi connectivity index (χ3n) is 13.8. The van der Waals surface area contributed by atoms with Crippen LogP contribution < -0.4 is 19.7 Å². The van der Waals surface area contributed by atoms with E-state index >= 15 is 0 Å². The number of anilines is 5. The summed E-state index contributed by atoms with van der Waals surface area (Å²) in [6.07, 6.45) is 6.49. The predicted molar refractivity (Wildman–Crippen MR) is 304 cm³/mol. The summed E-state index contributed by atoms with van der Waals surface area (Å²) in [5.74, 6) is 0.815. The van der Waals surface area contributed by atoms with E-state index in [0.717, 1.165) is 117 Å². The molecule has 0 bridgehead atoms. The maximum absolute atomic E-state index is 6.88. The summed E-state index contributed by atoms with van der Waals surface area (Å²) < 4.78 is 13.6. The van der Waals surface area contributed by atoms with Gasteiger partial charge in [0.15, 0.2) is 5.58 Å². The van der Waals surface area contributed by atoms with Crippen molar-refractivity contribution >= 4 is 90.8 Å². The van der Waals surface area contributed by atoms with E-state index in [1.807, 2.05) is 12.1 Å². The molecule has 4 nitrogen and oxygen atoms in total. The van der Waals surface area contributed by atoms with Crippen LogP contribution in [0.4, 0.5) is 28.4 Å². The molecule has 0 radical (unpaired) electrons. The molecular formula is C66H52N2O2Si. The second-order valence-corrected chi connectivity index (χ2v) is 24.4. The zero-order valence-corrected chi connectivity index (χ0v) is 41.1. The summed E-state index contributed by atoms with van der Waals surface area (Å²) in [4.78, 5) is 4.65. The van der Waals surface area contributed by atoms with Gasteiger partial charge < -0.3 is 19.0 Å². The Kier molecular flexibility index (Phi) is 11.1. The molecule has 10 aromatic carbocycles. The van der Waals surface area contributed by atoms with E-state index in [2.05, 4.69) is 254 Å². The van der Waals surface area contributed by atoms with E-state index < -0.39 is 8.07 Å². The van der Waals surface area contributed by atoms with Crippen LogP contribution in [0.3, 0.4) is 0 Å². The minimum atomic E-state index is -1.44. The lowest BCUT2D eigenvalue weighted by molar-refractivity contribution is 0.366. The second-order valence-electron chi connectivity index (χ2n) is 19.3. The first-order valence-electron chi connectivity index (χ1n) is 24.4. The quantitative estimate of drug-likeness (QED) is 0.107. The number of hydrogen-bond donors (Lipinski definition) is 0. The summed E-state index contributed by atoms with van der Waals surface area (Å²) >= 11 is 0. The van der Waals surface area contributed by atoms with Crippen molar-refractivity contribution in [3.8, 4) is 28.0 Å². The van der Waals surface area contributed by atoms with Crippen LogP contribution in [0.2, 0.25) is 19.6 Å². The maximum atomic E-state index is 6.88. The second kappa shape index (κ2) is 18.0. The number of fused-ring (bicyclic) bond motifs is 5. The van der Waals surface area contributed by atoms with Crippen LogP contribution in [-0.4, -0.2) is 14.7 Å². The zero-order valence-electron chi connectivity index (χ0n) is 40.1. The molecule has 342 valence electrons. The van der Waals surface area contributed by atoms with Crippen LogP contribution >= 0.6 is 0 Å². The molecule has 11 aromatic rings. The fourth-order valence-corrected chi connectivity index (χ4v) is 11.4. The van der Waals surface area contributed by atoms with E-state index in [0.29, 0.717) is 6.61 Å². The number of ether oxygens (including phenoxy) is 1. The zero-order chi connectivity index (χ0) is 48.1. The Labute approximate surface area is 416 Å². The number of furan rings is 1. The summed E-state index contributed by atoms with van der Waals surface area (Å²) in [6.45, 7) is 12.3. The normalized spacial score (nSPS) is 14.0. The molecule has 2 heterocycles. The van der Waals surface area contributed by atoms with Gasteiger partial charge in [-0.1, -0.05) is 183 Å². The van der Waals surface area contributed by atoms with Gasteiger partial charge >= 0.3 is 0 Å². The van der Waals surface area contributed by atoms with Gasteiger partial charge in [0.25, 0.3) is 0 Å². The van der Waals surface area contributed by atoms with Gasteiger partial charge in [-0.25, -0.2) is 0 Å². The van der Waals surface area contributed by atoms with Gasteiger partial charge in [-0.2, -0.15) is 0 Å². The number of allylic oxidation sites excluding steroid dienone is 3. The molecule has 5 heteroatoms. The van der Waals surface area contributed by atoms with Crippen LogP contribution in [0, 0.1) is 0 Å². The lowest BCUT2D eigenvalue weighted by atomic mass is 9.91. The lowest BCUT2D eigenvalue weighted by Gasteiger charge is -2.29. The minimum absolute atomic E-state index is 0.331. The van der Waals surface area contributed by atoms with Crippen molar-refractivity contribution in [3.05, 3.63) is 254 Å². The molecule has 0 N–H and O–H groups in total. The maximum Gasteiger partial charge on any atom is 0.159 e. The largest absolute Gasteiger partial charge is 0.489 e. The average Bonchev–Trinajstić information content (AvgIpc) is 3.80. The summed E-state index contributed by atoms with van der Waals surface area (Å²) in [5.41, 5.74) is 14.4. The Morgan fingerprint density at radius 2 is 1.10 bits per heavy atom. The van der Waals surface area contributed by atoms with E-state index in [-0.39, 0.29) is 0 Å². The van der Waals surface area contributed by atoms with Gasteiger partial charge in [0.05, 0.1) is 19.4 Å². The smallest absolute Gasteiger partial charge is 0.159 e. The van der Waals surface area contributed by atoms with E-state index in [4.69, 9.17) is 15.7 Å². The SMILES string of the molecule is C=C1/C=C\C(N(c2ccccc2-c2ccccc2)c2cccc3c2oc2ccccc23)=C/COc2cccc3c2c1cc1ccc(-c2ccc(N(c4ccccc4)c4ccc([Si](C)(C)C)cc4)cc2)cc13. The highest BCUT2D eigenvalue weighted by molar-refractivity contribution is 6.88. The molecule has 1 aliphatic heterocycles. The highest BCUT2D eigenvalue weighted by Crippen LogP contribution is 2.45. The Morgan fingerprint density at radius 1 is 0.465 bits per heavy atom. The number of hydrogen-bond acceptors (Lipinski definition) is 4. The van der Waals surface area contributed by atoms with E-state index in [1.54, 1.807) is 0 Å². The van der Waals surface area contributed by atoms with Crippen LogP contribution in [0.15, 0.2) is 253 Å². The van der Waals surface area contributed by atoms with Crippen LogP contribution in [0.25, 0.3) is 71.3 Å². The van der Waals surface area contributed by atoms with Crippen molar-refractivity contribution in [2.45, 2.75) is 19.6 Å². The molecule has 0 spiro atoms. The first-order chi connectivity index (χ1) is 34.8. The van der Waals surface area contributed by atoms with Gasteiger partial charge in [-0.05, 0) is 129 Å². The number of rotatable bonds is 9. The number of benzene rings is 10. The minimum Gasteiger partial charge on any atom is -0.489 e. The number of nitrogens with zero attached hydrogens (tertiary/aromatic N) is 2. The molecule has 1 aliphatic rings. The third kappa shape index (κ3) is 8.10. The van der Waals surface area contributed by atoms with Crippen LogP contribution in [0.1, 0.15) is 5.56 Å². The first kappa shape index (κ1) is 43.6. The molecule has 12 rings (SSSR count). The average molecular weight is 933 g/mol. The monoisotopic (exact) mass is 932 g/mol. The van der Waals surface area contributed by atoms with Crippen molar-refractivity contribution in [3.63, 3.8) is 0 Å². The summed E-state index contributed by atoms with van der Waals surface area (Å²) in [6, 6.07) is 78.0. The van der Waals surface area contributed by atoms with Crippen molar-refractivity contribution < 1.29 is 9.15 Å². The molecule has 0 saturated carbocycles. The standard InChI is InChI=1S/C66H52N2O2Si/c1-45-29-34-53(68(61-25-13-11-21-55(61)47-17-7-5-8-18-47)62-26-15-24-58-56-22-12-14-27-63(56)70-66(58)62)41-42-69-64-28-16-23-57-60-43-48(30-31-49(60)44-59(45)65(57)64)46-32-35-51(36-33-46)67(50-19-9-6-10-20-50)52-37-39-54(40-38-52)71(2,3)4/h5-41,43-44H,1,42H2,2-4H3/b34-29-,53-41+. The highest BCUT2D eigenvalue weighted by atomic mass is 28.3. The molecule has 1 aromatic heterocycles. The van der Waals surface area contributed by atoms with Crippen LogP contribution in [0.5, 0.6) is 5.75 Å². The van der Waals surface area contributed by atoms with Crippen molar-refractivity contribution in [2.75, 3.05) is 16.4 Å². The molecule has 0 unspecified atom stereocenters. The van der Waals surface area contributed by atoms with Gasteiger partial charge in [0, 0.05) is 44.5 Å². The summed E-state index contributed by atoms with van der Waals surface area (Å²) in [7, 11) is -1.44. The fourth-order valence-electron chi connectivity index (χ4n) is 10.2. The Morgan fingerprint density at radius 3 is 1.89 bits per heavy atom. The van der Waals surface area contributed by atoms with Crippen molar-refractivity contribution in [1.82, 2.24) is 0 Å². The molecule has 71 heavy (non-hydrogen) atoms. The molecule has 0 amide bonds. The Balaban J connectivity index is 0.926. The number of para-hydroxylation sites is 4. The first-order valence-corrected chi connectivity index (χ1v) is 27.9. The lowest BCUT2D eigenvalue weighted by Crippen LogP contribution is -2.37. The van der Waals surface area contributed by atoms with Gasteiger partial charge in [-0.15, -0.1) is 0 Å².